The number of fused-ring (bicyclic) bond motifs is 2. The second-order valence-electron chi connectivity index (χ2n) is 7.74. The SMILES string of the molecule is CN(Cc1n[nH]c2c1CCC2)C(=O)Nc1ccc2c(c1)C(=O)N(C1CC1)C2=O. The highest BCUT2D eigenvalue weighted by Gasteiger charge is 2.44. The fraction of sp³-hybridized carbons (Fsp3) is 0.400. The molecule has 144 valence electrons. The Bertz CT molecular complexity index is 1010. The number of benzene rings is 1. The third-order valence-electron chi connectivity index (χ3n) is 5.71. The standard InChI is InChI=1S/C20H21N5O3/c1-24(10-17-14-3-2-4-16(14)22-23-17)20(28)21-11-5-8-13-15(9-11)19(27)25(18(13)26)12-6-7-12/h5,8-9,12H,2-4,6-7,10H2,1H3,(H,21,28)(H,22,23). The molecule has 1 fully saturated rings. The van der Waals surface area contributed by atoms with Gasteiger partial charge in [0, 0.05) is 24.5 Å². The largest absolute Gasteiger partial charge is 0.322 e. The van der Waals surface area contributed by atoms with Gasteiger partial charge >= 0.3 is 6.03 Å². The van der Waals surface area contributed by atoms with Crippen LogP contribution in [-0.2, 0) is 19.4 Å². The molecule has 1 aliphatic heterocycles. The van der Waals surface area contributed by atoms with Crippen LogP contribution in [0.4, 0.5) is 10.5 Å². The highest BCUT2D eigenvalue weighted by atomic mass is 16.2. The van der Waals surface area contributed by atoms with E-state index in [1.54, 1.807) is 30.1 Å². The average Bonchev–Trinajstić information content (AvgIpc) is 3.18. The molecule has 4 amide bonds. The monoisotopic (exact) mass is 379 g/mol. The van der Waals surface area contributed by atoms with E-state index in [4.69, 9.17) is 0 Å². The lowest BCUT2D eigenvalue weighted by atomic mass is 10.1. The lowest BCUT2D eigenvalue weighted by Crippen LogP contribution is -2.31. The van der Waals surface area contributed by atoms with Crippen molar-refractivity contribution in [2.75, 3.05) is 12.4 Å². The molecular formula is C20H21N5O3. The van der Waals surface area contributed by atoms with Crippen molar-refractivity contribution in [1.82, 2.24) is 20.0 Å². The number of carbonyl (C=O) groups excluding carboxylic acids is 3. The lowest BCUT2D eigenvalue weighted by Gasteiger charge is -2.17. The van der Waals surface area contributed by atoms with Crippen LogP contribution in [0.15, 0.2) is 18.2 Å². The first-order valence-corrected chi connectivity index (χ1v) is 9.62. The van der Waals surface area contributed by atoms with E-state index in [9.17, 15) is 14.4 Å². The molecule has 0 bridgehead atoms. The first-order chi connectivity index (χ1) is 13.5. The van der Waals surface area contributed by atoms with Crippen LogP contribution in [0.25, 0.3) is 0 Å². The molecule has 0 unspecified atom stereocenters. The minimum absolute atomic E-state index is 0.0344. The zero-order valence-electron chi connectivity index (χ0n) is 15.6. The maximum atomic E-state index is 12.6. The number of hydrogen-bond donors (Lipinski definition) is 2. The van der Waals surface area contributed by atoms with Crippen LogP contribution in [0.2, 0.25) is 0 Å². The van der Waals surface area contributed by atoms with Crippen molar-refractivity contribution in [2.24, 2.45) is 0 Å². The number of aromatic nitrogens is 2. The quantitative estimate of drug-likeness (QED) is 0.797. The number of anilines is 1. The van der Waals surface area contributed by atoms with Gasteiger partial charge in [0.05, 0.1) is 23.4 Å². The third kappa shape index (κ3) is 2.67. The Balaban J connectivity index is 1.29. The number of imide groups is 1. The van der Waals surface area contributed by atoms with Gasteiger partial charge in [-0.15, -0.1) is 0 Å². The predicted molar refractivity (Wildman–Crippen MR) is 101 cm³/mol. The number of nitrogens with one attached hydrogen (secondary N) is 2. The summed E-state index contributed by atoms with van der Waals surface area (Å²) in [5.41, 5.74) is 4.58. The molecule has 2 aliphatic carbocycles. The number of nitrogens with zero attached hydrogens (tertiary/aromatic N) is 3. The molecule has 5 rings (SSSR count). The van der Waals surface area contributed by atoms with Gasteiger partial charge in [0.1, 0.15) is 0 Å². The smallest absolute Gasteiger partial charge is 0.321 e. The Hall–Kier alpha value is -3.16. The molecule has 0 saturated heterocycles. The second-order valence-corrected chi connectivity index (χ2v) is 7.74. The summed E-state index contributed by atoms with van der Waals surface area (Å²) in [5.74, 6) is -0.496. The van der Waals surface area contributed by atoms with E-state index in [-0.39, 0.29) is 23.9 Å². The van der Waals surface area contributed by atoms with E-state index in [0.29, 0.717) is 23.4 Å². The van der Waals surface area contributed by atoms with Crippen molar-refractivity contribution in [2.45, 2.75) is 44.7 Å². The van der Waals surface area contributed by atoms with Crippen LogP contribution in [0.1, 0.15) is 56.9 Å². The van der Waals surface area contributed by atoms with E-state index < -0.39 is 0 Å². The lowest BCUT2D eigenvalue weighted by molar-refractivity contribution is 0.0642. The summed E-state index contributed by atoms with van der Waals surface area (Å²) in [6.45, 7) is 0.412. The number of H-pyrrole nitrogens is 1. The second kappa shape index (κ2) is 6.19. The molecule has 3 aliphatic rings. The van der Waals surface area contributed by atoms with Crippen molar-refractivity contribution in [1.29, 1.82) is 0 Å². The van der Waals surface area contributed by atoms with Gasteiger partial charge in [-0.1, -0.05) is 0 Å². The molecule has 0 spiro atoms. The molecule has 8 heteroatoms. The van der Waals surface area contributed by atoms with Gasteiger partial charge in [0.15, 0.2) is 0 Å². The van der Waals surface area contributed by atoms with Gasteiger partial charge in [-0.25, -0.2) is 4.79 Å². The predicted octanol–water partition coefficient (Wildman–Crippen LogP) is 2.32. The summed E-state index contributed by atoms with van der Waals surface area (Å²) in [7, 11) is 1.71. The number of amides is 4. The van der Waals surface area contributed by atoms with Crippen molar-refractivity contribution >= 4 is 23.5 Å². The summed E-state index contributed by atoms with van der Waals surface area (Å²) in [4.78, 5) is 40.4. The summed E-state index contributed by atoms with van der Waals surface area (Å²) >= 11 is 0. The molecule has 1 aromatic heterocycles. The number of carbonyl (C=O) groups is 3. The maximum absolute atomic E-state index is 12.6. The van der Waals surface area contributed by atoms with E-state index in [1.165, 1.54) is 16.2 Å². The van der Waals surface area contributed by atoms with Gasteiger partial charge < -0.3 is 10.2 Å². The van der Waals surface area contributed by atoms with Gasteiger partial charge in [-0.05, 0) is 55.9 Å². The molecule has 8 nitrogen and oxygen atoms in total. The summed E-state index contributed by atoms with van der Waals surface area (Å²) < 4.78 is 0. The van der Waals surface area contributed by atoms with Crippen LogP contribution in [0.5, 0.6) is 0 Å². The van der Waals surface area contributed by atoms with Crippen LogP contribution < -0.4 is 5.32 Å². The number of aryl methyl sites for hydroxylation is 1. The molecular weight excluding hydrogens is 358 g/mol. The summed E-state index contributed by atoms with van der Waals surface area (Å²) in [6.07, 6.45) is 4.87. The first kappa shape index (κ1) is 17.0. The highest BCUT2D eigenvalue weighted by Crippen LogP contribution is 2.35. The van der Waals surface area contributed by atoms with Gasteiger partial charge in [0.2, 0.25) is 0 Å². The van der Waals surface area contributed by atoms with Crippen LogP contribution in [-0.4, -0.2) is 50.9 Å². The van der Waals surface area contributed by atoms with Crippen LogP contribution >= 0.6 is 0 Å². The Morgan fingerprint density at radius 1 is 1.25 bits per heavy atom. The van der Waals surface area contributed by atoms with Crippen molar-refractivity contribution in [3.63, 3.8) is 0 Å². The Morgan fingerprint density at radius 2 is 2.04 bits per heavy atom. The zero-order valence-corrected chi connectivity index (χ0v) is 15.6. The van der Waals surface area contributed by atoms with Gasteiger partial charge in [0.25, 0.3) is 11.8 Å². The Labute approximate surface area is 161 Å². The van der Waals surface area contributed by atoms with Crippen molar-refractivity contribution in [3.8, 4) is 0 Å². The fourth-order valence-electron chi connectivity index (χ4n) is 4.04. The number of hydrogen-bond acceptors (Lipinski definition) is 4. The van der Waals surface area contributed by atoms with Gasteiger partial charge in [-0.3, -0.25) is 19.6 Å². The molecule has 2 heterocycles. The fourth-order valence-corrected chi connectivity index (χ4v) is 4.04. The minimum atomic E-state index is -0.287. The molecule has 0 radical (unpaired) electrons. The summed E-state index contributed by atoms with van der Waals surface area (Å²) in [5, 5.41) is 10.2. The number of rotatable bonds is 4. The molecule has 0 atom stereocenters. The van der Waals surface area contributed by atoms with Crippen molar-refractivity contribution < 1.29 is 14.4 Å². The molecule has 1 aromatic carbocycles. The van der Waals surface area contributed by atoms with E-state index in [0.717, 1.165) is 37.8 Å². The normalized spacial score (nSPS) is 17.7. The molecule has 28 heavy (non-hydrogen) atoms. The molecule has 2 N–H and O–H groups in total. The van der Waals surface area contributed by atoms with Crippen molar-refractivity contribution in [3.05, 3.63) is 46.3 Å². The molecule has 2 aromatic rings. The minimum Gasteiger partial charge on any atom is -0.322 e. The topological polar surface area (TPSA) is 98.4 Å². The maximum Gasteiger partial charge on any atom is 0.321 e. The molecule has 1 saturated carbocycles. The summed E-state index contributed by atoms with van der Waals surface area (Å²) in [6, 6.07) is 4.63. The first-order valence-electron chi connectivity index (χ1n) is 9.62. The third-order valence-corrected chi connectivity index (χ3v) is 5.71. The zero-order chi connectivity index (χ0) is 19.4. The highest BCUT2D eigenvalue weighted by molar-refractivity contribution is 6.22. The Morgan fingerprint density at radius 3 is 2.82 bits per heavy atom. The number of urea groups is 1. The van der Waals surface area contributed by atoms with Gasteiger partial charge in [-0.2, -0.15) is 5.10 Å². The Kier molecular flexibility index (Phi) is 3.75. The van der Waals surface area contributed by atoms with E-state index >= 15 is 0 Å². The number of aromatic amines is 1. The van der Waals surface area contributed by atoms with E-state index in [2.05, 4.69) is 15.5 Å². The van der Waals surface area contributed by atoms with Crippen LogP contribution in [0.3, 0.4) is 0 Å². The average molecular weight is 379 g/mol. The van der Waals surface area contributed by atoms with E-state index in [1.807, 2.05) is 0 Å². The van der Waals surface area contributed by atoms with Crippen LogP contribution in [0, 0.1) is 0 Å².